The molecule has 0 aromatic carbocycles. The van der Waals surface area contributed by atoms with Crippen molar-refractivity contribution in [1.29, 1.82) is 0 Å². The number of ether oxygens (including phenoxy) is 1. The van der Waals surface area contributed by atoms with E-state index in [0.717, 1.165) is 30.4 Å². The van der Waals surface area contributed by atoms with E-state index < -0.39 is 0 Å². The molecule has 0 amide bonds. The second-order valence-electron chi connectivity index (χ2n) is 6.11. The van der Waals surface area contributed by atoms with E-state index in [2.05, 4.69) is 4.90 Å². The molecule has 2 aliphatic rings. The largest absolute Gasteiger partial charge is 0.388 e. The third-order valence-corrected chi connectivity index (χ3v) is 5.67. The summed E-state index contributed by atoms with van der Waals surface area (Å²) >= 11 is 1.67. The molecule has 3 nitrogen and oxygen atoms in total. The van der Waals surface area contributed by atoms with Crippen LogP contribution in [0.5, 0.6) is 0 Å². The van der Waals surface area contributed by atoms with Gasteiger partial charge in [-0.05, 0) is 56.0 Å². The van der Waals surface area contributed by atoms with Gasteiger partial charge in [0.05, 0.1) is 6.10 Å². The highest BCUT2D eigenvalue weighted by Crippen LogP contribution is 2.30. The van der Waals surface area contributed by atoms with Crippen LogP contribution < -0.4 is 0 Å². The van der Waals surface area contributed by atoms with Crippen LogP contribution in [0.25, 0.3) is 0 Å². The average Bonchev–Trinajstić information content (AvgIpc) is 3.12. The van der Waals surface area contributed by atoms with Gasteiger partial charge in [-0.3, -0.25) is 4.90 Å². The quantitative estimate of drug-likeness (QED) is 0.906. The minimum atomic E-state index is -0.282. The Morgan fingerprint density at radius 1 is 1.35 bits per heavy atom. The van der Waals surface area contributed by atoms with Crippen LogP contribution in [0.2, 0.25) is 0 Å². The fourth-order valence-corrected chi connectivity index (χ4v) is 4.24. The molecule has 3 heterocycles. The van der Waals surface area contributed by atoms with E-state index in [1.54, 1.807) is 11.3 Å². The van der Waals surface area contributed by atoms with Crippen molar-refractivity contribution >= 4 is 11.3 Å². The van der Waals surface area contributed by atoms with Gasteiger partial charge in [0.25, 0.3) is 0 Å². The molecule has 0 saturated carbocycles. The number of aliphatic hydroxyl groups excluding tert-OH is 1. The minimum absolute atomic E-state index is 0.282. The van der Waals surface area contributed by atoms with Crippen LogP contribution in [0.1, 0.15) is 43.1 Å². The van der Waals surface area contributed by atoms with E-state index in [-0.39, 0.29) is 6.10 Å². The zero-order chi connectivity index (χ0) is 13.8. The Bertz CT molecular complexity index is 389. The first-order chi connectivity index (χ1) is 9.83. The van der Waals surface area contributed by atoms with Gasteiger partial charge in [0.15, 0.2) is 0 Å². The van der Waals surface area contributed by atoms with Crippen LogP contribution in [0.3, 0.4) is 0 Å². The lowest BCUT2D eigenvalue weighted by Gasteiger charge is -2.31. The molecule has 0 aliphatic carbocycles. The standard InChI is InChI=1S/C16H25NO2S/c18-15(16-4-2-10-20-16)11-14-3-1-7-17(14)12-13-5-8-19-9-6-13/h2,4,10,13-15,18H,1,3,5-9,11-12H2. The Morgan fingerprint density at radius 3 is 2.95 bits per heavy atom. The highest BCUT2D eigenvalue weighted by molar-refractivity contribution is 7.10. The molecule has 1 aromatic heterocycles. The molecule has 2 fully saturated rings. The zero-order valence-corrected chi connectivity index (χ0v) is 12.9. The first-order valence-corrected chi connectivity index (χ1v) is 8.74. The average molecular weight is 295 g/mol. The number of likely N-dealkylation sites (tertiary alicyclic amines) is 1. The molecule has 0 spiro atoms. The first-order valence-electron chi connectivity index (χ1n) is 7.86. The second kappa shape index (κ2) is 7.03. The summed E-state index contributed by atoms with van der Waals surface area (Å²) in [6, 6.07) is 4.64. The summed E-state index contributed by atoms with van der Waals surface area (Å²) in [4.78, 5) is 3.73. The molecule has 2 saturated heterocycles. The Hall–Kier alpha value is -0.420. The van der Waals surface area contributed by atoms with Gasteiger partial charge >= 0.3 is 0 Å². The predicted octanol–water partition coefficient (Wildman–Crippen LogP) is 3.06. The van der Waals surface area contributed by atoms with E-state index in [0.29, 0.717) is 6.04 Å². The van der Waals surface area contributed by atoms with E-state index in [1.165, 1.54) is 38.8 Å². The molecule has 1 N–H and O–H groups in total. The van der Waals surface area contributed by atoms with Crippen LogP contribution in [-0.2, 0) is 4.74 Å². The molecule has 2 atom stereocenters. The molecule has 4 heteroatoms. The van der Waals surface area contributed by atoms with Crippen LogP contribution in [0.4, 0.5) is 0 Å². The van der Waals surface area contributed by atoms with E-state index in [4.69, 9.17) is 4.74 Å². The Morgan fingerprint density at radius 2 is 2.20 bits per heavy atom. The number of thiophene rings is 1. The Balaban J connectivity index is 1.52. The lowest BCUT2D eigenvalue weighted by molar-refractivity contribution is 0.0454. The summed E-state index contributed by atoms with van der Waals surface area (Å²) in [5, 5.41) is 12.4. The third kappa shape index (κ3) is 3.61. The maximum atomic E-state index is 10.4. The summed E-state index contributed by atoms with van der Waals surface area (Å²) in [6.07, 6.45) is 5.55. The molecular weight excluding hydrogens is 270 g/mol. The second-order valence-corrected chi connectivity index (χ2v) is 7.09. The molecule has 0 bridgehead atoms. The third-order valence-electron chi connectivity index (χ3n) is 4.70. The highest BCUT2D eigenvalue weighted by Gasteiger charge is 2.29. The molecule has 20 heavy (non-hydrogen) atoms. The van der Waals surface area contributed by atoms with Crippen LogP contribution in [0, 0.1) is 5.92 Å². The minimum Gasteiger partial charge on any atom is -0.388 e. The molecular formula is C16H25NO2S. The molecule has 2 aliphatic heterocycles. The van der Waals surface area contributed by atoms with Crippen molar-refractivity contribution < 1.29 is 9.84 Å². The van der Waals surface area contributed by atoms with Gasteiger partial charge < -0.3 is 9.84 Å². The normalized spacial score (nSPS) is 26.9. The maximum Gasteiger partial charge on any atom is 0.0896 e. The smallest absolute Gasteiger partial charge is 0.0896 e. The number of aliphatic hydroxyl groups is 1. The van der Waals surface area contributed by atoms with Gasteiger partial charge in [-0.25, -0.2) is 0 Å². The zero-order valence-electron chi connectivity index (χ0n) is 12.0. The maximum absolute atomic E-state index is 10.4. The van der Waals surface area contributed by atoms with Crippen molar-refractivity contribution in [2.45, 2.75) is 44.2 Å². The number of nitrogens with zero attached hydrogens (tertiary/aromatic N) is 1. The van der Waals surface area contributed by atoms with E-state index in [1.807, 2.05) is 17.5 Å². The number of hydrogen-bond acceptors (Lipinski definition) is 4. The van der Waals surface area contributed by atoms with Gasteiger partial charge in [-0.2, -0.15) is 0 Å². The van der Waals surface area contributed by atoms with Gasteiger partial charge in [0, 0.05) is 30.7 Å². The van der Waals surface area contributed by atoms with E-state index >= 15 is 0 Å². The summed E-state index contributed by atoms with van der Waals surface area (Å²) in [5.74, 6) is 0.795. The first kappa shape index (κ1) is 14.5. The fraction of sp³-hybridized carbons (Fsp3) is 0.750. The SMILES string of the molecule is OC(CC1CCCN1CC1CCOCC1)c1cccs1. The van der Waals surface area contributed by atoms with Crippen LogP contribution in [-0.4, -0.2) is 42.4 Å². The highest BCUT2D eigenvalue weighted by atomic mass is 32.1. The van der Waals surface area contributed by atoms with Gasteiger partial charge in [0.2, 0.25) is 0 Å². The molecule has 112 valence electrons. The van der Waals surface area contributed by atoms with Crippen LogP contribution in [0.15, 0.2) is 17.5 Å². The van der Waals surface area contributed by atoms with Crippen molar-refractivity contribution in [3.05, 3.63) is 22.4 Å². The van der Waals surface area contributed by atoms with E-state index in [9.17, 15) is 5.11 Å². The molecule has 1 aromatic rings. The molecule has 2 unspecified atom stereocenters. The van der Waals surface area contributed by atoms with Crippen molar-refractivity contribution in [1.82, 2.24) is 4.90 Å². The monoisotopic (exact) mass is 295 g/mol. The van der Waals surface area contributed by atoms with Crippen LogP contribution >= 0.6 is 11.3 Å². The topological polar surface area (TPSA) is 32.7 Å². The Kier molecular flexibility index (Phi) is 5.10. The van der Waals surface area contributed by atoms with Gasteiger partial charge in [-0.15, -0.1) is 11.3 Å². The lowest BCUT2D eigenvalue weighted by Crippen LogP contribution is -2.36. The number of hydrogen-bond donors (Lipinski definition) is 1. The van der Waals surface area contributed by atoms with Gasteiger partial charge in [-0.1, -0.05) is 6.07 Å². The van der Waals surface area contributed by atoms with Crippen molar-refractivity contribution in [3.8, 4) is 0 Å². The summed E-state index contributed by atoms with van der Waals surface area (Å²) < 4.78 is 5.45. The van der Waals surface area contributed by atoms with Gasteiger partial charge in [0.1, 0.15) is 0 Å². The Labute approximate surface area is 125 Å². The summed E-state index contributed by atoms with van der Waals surface area (Å²) in [7, 11) is 0. The summed E-state index contributed by atoms with van der Waals surface area (Å²) in [5.41, 5.74) is 0. The van der Waals surface area contributed by atoms with Crippen molar-refractivity contribution in [3.63, 3.8) is 0 Å². The number of rotatable bonds is 5. The molecule has 3 rings (SSSR count). The lowest BCUT2D eigenvalue weighted by atomic mass is 9.98. The van der Waals surface area contributed by atoms with Crippen molar-refractivity contribution in [2.24, 2.45) is 5.92 Å². The summed E-state index contributed by atoms with van der Waals surface area (Å²) in [6.45, 7) is 4.27. The molecule has 0 radical (unpaired) electrons. The fourth-order valence-electron chi connectivity index (χ4n) is 3.52. The predicted molar refractivity (Wildman–Crippen MR) is 82.0 cm³/mol. The van der Waals surface area contributed by atoms with Crippen molar-refractivity contribution in [2.75, 3.05) is 26.3 Å².